The molecule has 1 atom stereocenters. The van der Waals surface area contributed by atoms with Gasteiger partial charge in [0.25, 0.3) is 5.91 Å². The first-order chi connectivity index (χ1) is 9.92. The lowest BCUT2D eigenvalue weighted by Gasteiger charge is -2.14. The number of aromatic nitrogens is 1. The highest BCUT2D eigenvalue weighted by Crippen LogP contribution is 2.22. The molecule has 21 heavy (non-hydrogen) atoms. The van der Waals surface area contributed by atoms with Gasteiger partial charge in [-0.05, 0) is 39.3 Å². The van der Waals surface area contributed by atoms with Crippen molar-refractivity contribution in [1.29, 1.82) is 0 Å². The van der Waals surface area contributed by atoms with Crippen molar-refractivity contribution in [3.8, 4) is 0 Å². The Morgan fingerprint density at radius 2 is 2.14 bits per heavy atom. The van der Waals surface area contributed by atoms with Gasteiger partial charge in [-0.3, -0.25) is 4.79 Å². The Morgan fingerprint density at radius 3 is 2.71 bits per heavy atom. The fourth-order valence-electron chi connectivity index (χ4n) is 2.58. The first-order valence-electron chi connectivity index (χ1n) is 7.25. The summed E-state index contributed by atoms with van der Waals surface area (Å²) in [6, 6.07) is 3.56. The van der Waals surface area contributed by atoms with Crippen molar-refractivity contribution >= 4 is 11.6 Å². The van der Waals surface area contributed by atoms with Crippen LogP contribution in [0.3, 0.4) is 0 Å². The molecule has 2 aromatic heterocycles. The molecule has 0 radical (unpaired) electrons. The molecule has 3 N–H and O–H groups in total. The molecule has 0 spiro atoms. The van der Waals surface area contributed by atoms with E-state index < -0.39 is 0 Å². The molecule has 0 fully saturated rings. The van der Waals surface area contributed by atoms with Gasteiger partial charge in [0.2, 0.25) is 0 Å². The van der Waals surface area contributed by atoms with Gasteiger partial charge in [-0.15, -0.1) is 0 Å². The van der Waals surface area contributed by atoms with E-state index in [9.17, 15) is 4.79 Å². The van der Waals surface area contributed by atoms with E-state index in [0.717, 1.165) is 30.0 Å². The molecule has 2 heterocycles. The van der Waals surface area contributed by atoms with Gasteiger partial charge in [0, 0.05) is 18.3 Å². The zero-order valence-electron chi connectivity index (χ0n) is 13.1. The van der Waals surface area contributed by atoms with E-state index in [1.165, 1.54) is 0 Å². The van der Waals surface area contributed by atoms with Crippen molar-refractivity contribution < 1.29 is 9.21 Å². The van der Waals surface area contributed by atoms with Gasteiger partial charge in [-0.1, -0.05) is 6.92 Å². The lowest BCUT2D eigenvalue weighted by Crippen LogP contribution is -2.28. The van der Waals surface area contributed by atoms with E-state index in [4.69, 9.17) is 10.2 Å². The Morgan fingerprint density at radius 1 is 1.43 bits per heavy atom. The van der Waals surface area contributed by atoms with Crippen molar-refractivity contribution in [1.82, 2.24) is 9.88 Å². The van der Waals surface area contributed by atoms with Crippen molar-refractivity contribution in [3.05, 3.63) is 41.1 Å². The molecule has 0 bridgehead atoms. The van der Waals surface area contributed by atoms with Crippen molar-refractivity contribution in [2.75, 3.05) is 5.73 Å². The molecule has 114 valence electrons. The van der Waals surface area contributed by atoms with Gasteiger partial charge in [0.15, 0.2) is 0 Å². The normalized spacial score (nSPS) is 12.4. The zero-order chi connectivity index (χ0) is 15.6. The number of furan rings is 1. The number of nitrogens with one attached hydrogen (secondary N) is 1. The van der Waals surface area contributed by atoms with E-state index in [0.29, 0.717) is 11.4 Å². The van der Waals surface area contributed by atoms with Gasteiger partial charge in [0.05, 0.1) is 11.7 Å². The van der Waals surface area contributed by atoms with Crippen LogP contribution in [0.25, 0.3) is 0 Å². The van der Waals surface area contributed by atoms with E-state index >= 15 is 0 Å². The van der Waals surface area contributed by atoms with Crippen LogP contribution in [0.2, 0.25) is 0 Å². The highest BCUT2D eigenvalue weighted by molar-refractivity contribution is 5.94. The van der Waals surface area contributed by atoms with Crippen LogP contribution in [0.1, 0.15) is 53.9 Å². The molecule has 1 unspecified atom stereocenters. The summed E-state index contributed by atoms with van der Waals surface area (Å²) in [5.74, 6) is 1.57. The van der Waals surface area contributed by atoms with Crippen LogP contribution in [0.15, 0.2) is 22.7 Å². The first-order valence-corrected chi connectivity index (χ1v) is 7.25. The average Bonchev–Trinajstić information content (AvgIpc) is 2.92. The number of anilines is 1. The predicted molar refractivity (Wildman–Crippen MR) is 83.2 cm³/mol. The molecule has 0 aromatic carbocycles. The van der Waals surface area contributed by atoms with Crippen LogP contribution in [-0.4, -0.2) is 10.5 Å². The van der Waals surface area contributed by atoms with Gasteiger partial charge in [-0.25, -0.2) is 0 Å². The smallest absolute Gasteiger partial charge is 0.268 e. The third-order valence-electron chi connectivity index (χ3n) is 3.51. The number of amides is 1. The van der Waals surface area contributed by atoms with Gasteiger partial charge in [0.1, 0.15) is 17.2 Å². The minimum Gasteiger partial charge on any atom is -0.466 e. The molecule has 2 aromatic rings. The molecule has 0 saturated heterocycles. The Labute approximate surface area is 125 Å². The Bertz CT molecular complexity index is 640. The topological polar surface area (TPSA) is 73.2 Å². The van der Waals surface area contributed by atoms with Gasteiger partial charge in [-0.2, -0.15) is 0 Å². The van der Waals surface area contributed by atoms with Crippen LogP contribution in [0.4, 0.5) is 5.69 Å². The summed E-state index contributed by atoms with van der Waals surface area (Å²) in [5, 5.41) is 3.00. The van der Waals surface area contributed by atoms with Crippen molar-refractivity contribution in [3.63, 3.8) is 0 Å². The number of hydrogen-bond acceptors (Lipinski definition) is 3. The number of aryl methyl sites for hydroxylation is 3. The van der Waals surface area contributed by atoms with Gasteiger partial charge >= 0.3 is 0 Å². The number of nitrogens with zero attached hydrogens (tertiary/aromatic N) is 1. The molecule has 0 aliphatic rings. The van der Waals surface area contributed by atoms with E-state index in [1.54, 1.807) is 12.3 Å². The molecule has 5 heteroatoms. The van der Waals surface area contributed by atoms with Crippen molar-refractivity contribution in [2.45, 2.75) is 46.7 Å². The Hall–Kier alpha value is -2.17. The van der Waals surface area contributed by atoms with Gasteiger partial charge < -0.3 is 20.0 Å². The minimum absolute atomic E-state index is 0.110. The first kappa shape index (κ1) is 15.2. The maximum Gasteiger partial charge on any atom is 0.268 e. The summed E-state index contributed by atoms with van der Waals surface area (Å²) in [6.07, 6.45) is 2.75. The Kier molecular flexibility index (Phi) is 4.40. The number of nitrogens with two attached hydrogens (primary N) is 1. The summed E-state index contributed by atoms with van der Waals surface area (Å²) < 4.78 is 7.41. The summed E-state index contributed by atoms with van der Waals surface area (Å²) in [4.78, 5) is 12.4. The number of rotatable bonds is 5. The fraction of sp³-hybridized carbons (Fsp3) is 0.438. The van der Waals surface area contributed by atoms with Crippen LogP contribution in [0.5, 0.6) is 0 Å². The lowest BCUT2D eigenvalue weighted by atomic mass is 10.1. The standard InChI is InChI=1S/C16H23N3O2/c1-5-6-19-9-13(17)8-15(19)16(20)18-11(3)14-7-10(2)21-12(14)4/h7-9,11H,5-6,17H2,1-4H3,(H,18,20). The summed E-state index contributed by atoms with van der Waals surface area (Å²) in [5.41, 5.74) is 8.01. The second-order valence-electron chi connectivity index (χ2n) is 5.42. The number of nitrogen functional groups attached to an aromatic ring is 1. The maximum atomic E-state index is 12.4. The molecule has 1 amide bonds. The van der Waals surface area contributed by atoms with E-state index in [1.807, 2.05) is 31.4 Å². The molecule has 0 saturated carbocycles. The molecule has 0 aliphatic heterocycles. The number of carbonyl (C=O) groups excluding carboxylic acids is 1. The summed E-state index contributed by atoms with van der Waals surface area (Å²) in [6.45, 7) is 8.60. The minimum atomic E-state index is -0.120. The molecular formula is C16H23N3O2. The highest BCUT2D eigenvalue weighted by atomic mass is 16.3. The van der Waals surface area contributed by atoms with Crippen LogP contribution < -0.4 is 11.1 Å². The number of hydrogen-bond donors (Lipinski definition) is 2. The molecule has 0 aliphatic carbocycles. The largest absolute Gasteiger partial charge is 0.466 e. The zero-order valence-corrected chi connectivity index (χ0v) is 13.1. The third-order valence-corrected chi connectivity index (χ3v) is 3.51. The lowest BCUT2D eigenvalue weighted by molar-refractivity contribution is 0.0930. The highest BCUT2D eigenvalue weighted by Gasteiger charge is 2.18. The second kappa shape index (κ2) is 6.08. The third kappa shape index (κ3) is 3.29. The van der Waals surface area contributed by atoms with Crippen molar-refractivity contribution in [2.24, 2.45) is 0 Å². The van der Waals surface area contributed by atoms with E-state index in [2.05, 4.69) is 12.2 Å². The predicted octanol–water partition coefficient (Wildman–Crippen LogP) is 3.18. The SMILES string of the molecule is CCCn1cc(N)cc1C(=O)NC(C)c1cc(C)oc1C. The molecular weight excluding hydrogens is 266 g/mol. The second-order valence-corrected chi connectivity index (χ2v) is 5.42. The maximum absolute atomic E-state index is 12.4. The van der Waals surface area contributed by atoms with E-state index in [-0.39, 0.29) is 11.9 Å². The summed E-state index contributed by atoms with van der Waals surface area (Å²) in [7, 11) is 0. The number of carbonyl (C=O) groups is 1. The monoisotopic (exact) mass is 289 g/mol. The van der Waals surface area contributed by atoms with Crippen LogP contribution in [-0.2, 0) is 6.54 Å². The summed E-state index contributed by atoms with van der Waals surface area (Å²) >= 11 is 0. The quantitative estimate of drug-likeness (QED) is 0.887. The average molecular weight is 289 g/mol. The van der Waals surface area contributed by atoms with Crippen LogP contribution in [0, 0.1) is 13.8 Å². The molecule has 5 nitrogen and oxygen atoms in total. The fourth-order valence-corrected chi connectivity index (χ4v) is 2.58. The molecule has 2 rings (SSSR count). The van der Waals surface area contributed by atoms with Crippen LogP contribution >= 0.6 is 0 Å². The Balaban J connectivity index is 2.16.